The van der Waals surface area contributed by atoms with Gasteiger partial charge in [-0.2, -0.15) is 0 Å². The summed E-state index contributed by atoms with van der Waals surface area (Å²) in [5.74, 6) is 1.41. The van der Waals surface area contributed by atoms with Crippen LogP contribution in [0.15, 0.2) is 59.9 Å². The normalized spacial score (nSPS) is 16.3. The van der Waals surface area contributed by atoms with Gasteiger partial charge in [-0.1, -0.05) is 30.3 Å². The molecular weight excluding hydrogens is 316 g/mol. The summed E-state index contributed by atoms with van der Waals surface area (Å²) >= 11 is 0. The largest absolute Gasteiger partial charge is 0.497 e. The number of hydrogen-bond acceptors (Lipinski definition) is 4. The van der Waals surface area contributed by atoms with E-state index in [2.05, 4.69) is 0 Å². The highest BCUT2D eigenvalue weighted by molar-refractivity contribution is 5.93. The minimum Gasteiger partial charge on any atom is -0.497 e. The van der Waals surface area contributed by atoms with Crippen molar-refractivity contribution in [2.75, 3.05) is 7.11 Å². The highest BCUT2D eigenvalue weighted by Gasteiger charge is 2.35. The van der Waals surface area contributed by atoms with Gasteiger partial charge in [0.15, 0.2) is 0 Å². The number of methoxy groups -OCH3 is 1. The topological polar surface area (TPSA) is 44.8 Å². The number of carbonyl (C=O) groups excluding carboxylic acids is 1. The number of hydrogen-bond donors (Lipinski definition) is 0. The van der Waals surface area contributed by atoms with Crippen LogP contribution in [-0.2, 0) is 9.53 Å². The number of allylic oxidation sites excluding steroid dienone is 1. The lowest BCUT2D eigenvalue weighted by molar-refractivity contribution is -0.143. The molecule has 0 aliphatic carbocycles. The predicted molar refractivity (Wildman–Crippen MR) is 95.8 cm³/mol. The van der Waals surface area contributed by atoms with E-state index >= 15 is 0 Å². The average Bonchev–Trinajstić information content (AvgIpc) is 2.60. The summed E-state index contributed by atoms with van der Waals surface area (Å²) < 4.78 is 16.8. The van der Waals surface area contributed by atoms with Crippen molar-refractivity contribution in [1.82, 2.24) is 0 Å². The molecule has 0 amide bonds. The lowest BCUT2D eigenvalue weighted by atomic mass is 9.82. The van der Waals surface area contributed by atoms with Gasteiger partial charge in [0.25, 0.3) is 0 Å². The lowest BCUT2D eigenvalue weighted by Crippen LogP contribution is -2.25. The van der Waals surface area contributed by atoms with Crippen molar-refractivity contribution in [3.05, 3.63) is 71.0 Å². The van der Waals surface area contributed by atoms with Crippen molar-refractivity contribution in [3.63, 3.8) is 0 Å². The molecule has 0 saturated carbocycles. The second-order valence-electron chi connectivity index (χ2n) is 6.27. The maximum Gasteiger partial charge on any atom is 0.338 e. The molecule has 0 radical (unpaired) electrons. The molecule has 2 aromatic carbocycles. The Kier molecular flexibility index (Phi) is 4.79. The van der Waals surface area contributed by atoms with Crippen molar-refractivity contribution in [2.45, 2.75) is 32.8 Å². The van der Waals surface area contributed by atoms with E-state index in [0.717, 1.165) is 22.6 Å². The summed E-state index contributed by atoms with van der Waals surface area (Å²) in [5.41, 5.74) is 2.43. The predicted octanol–water partition coefficient (Wildman–Crippen LogP) is 4.45. The molecule has 2 aromatic rings. The number of esters is 1. The molecule has 0 fully saturated rings. The van der Waals surface area contributed by atoms with Gasteiger partial charge in [-0.05, 0) is 44.5 Å². The zero-order valence-corrected chi connectivity index (χ0v) is 14.9. The second kappa shape index (κ2) is 7.01. The molecular formula is C21H22O4. The third kappa shape index (κ3) is 3.38. The molecule has 4 heteroatoms. The van der Waals surface area contributed by atoms with Gasteiger partial charge in [0.05, 0.1) is 18.8 Å². The number of rotatable bonds is 4. The molecule has 0 aromatic heterocycles. The fourth-order valence-corrected chi connectivity index (χ4v) is 3.08. The summed E-state index contributed by atoms with van der Waals surface area (Å²) in [6.07, 6.45) is -0.198. The summed E-state index contributed by atoms with van der Waals surface area (Å²) in [5, 5.41) is 0. The number of fused-ring (bicyclic) bond motifs is 1. The van der Waals surface area contributed by atoms with Crippen molar-refractivity contribution in [1.29, 1.82) is 0 Å². The van der Waals surface area contributed by atoms with Crippen LogP contribution < -0.4 is 9.47 Å². The number of benzene rings is 2. The van der Waals surface area contributed by atoms with E-state index in [0.29, 0.717) is 11.3 Å². The van der Waals surface area contributed by atoms with Crippen molar-refractivity contribution in [3.8, 4) is 11.5 Å². The monoisotopic (exact) mass is 338 g/mol. The van der Waals surface area contributed by atoms with Crippen LogP contribution in [0.2, 0.25) is 0 Å². The Balaban J connectivity index is 2.17. The summed E-state index contributed by atoms with van der Waals surface area (Å²) in [6, 6.07) is 15.5. The Morgan fingerprint density at radius 1 is 1.12 bits per heavy atom. The first-order valence-electron chi connectivity index (χ1n) is 8.33. The first-order valence-corrected chi connectivity index (χ1v) is 8.33. The lowest BCUT2D eigenvalue weighted by Gasteiger charge is -2.29. The van der Waals surface area contributed by atoms with E-state index in [9.17, 15) is 4.79 Å². The Bertz CT molecular complexity index is 806. The first-order chi connectivity index (χ1) is 12.0. The quantitative estimate of drug-likeness (QED) is 0.773. The van der Waals surface area contributed by atoms with Crippen LogP contribution in [0, 0.1) is 0 Å². The second-order valence-corrected chi connectivity index (χ2v) is 6.27. The van der Waals surface area contributed by atoms with Crippen LogP contribution in [0.1, 0.15) is 37.8 Å². The molecule has 1 aliphatic heterocycles. The third-order valence-corrected chi connectivity index (χ3v) is 4.15. The Hall–Kier alpha value is -2.75. The standard InChI is InChI=1S/C21H22O4/c1-13(2)24-21(22)19-14(3)25-18-11-10-16(23-4)12-17(18)20(19)15-8-6-5-7-9-15/h5-13,20H,1-4H3/t20-/m0/s1. The fraction of sp³-hybridized carbons (Fsp3) is 0.286. The van der Waals surface area contributed by atoms with Crippen LogP contribution in [0.3, 0.4) is 0 Å². The van der Waals surface area contributed by atoms with Gasteiger partial charge in [-0.15, -0.1) is 0 Å². The smallest absolute Gasteiger partial charge is 0.338 e. The molecule has 4 nitrogen and oxygen atoms in total. The highest BCUT2D eigenvalue weighted by atomic mass is 16.5. The van der Waals surface area contributed by atoms with Gasteiger partial charge in [-0.25, -0.2) is 4.79 Å². The van der Waals surface area contributed by atoms with Crippen LogP contribution in [0.5, 0.6) is 11.5 Å². The Morgan fingerprint density at radius 3 is 2.48 bits per heavy atom. The van der Waals surface area contributed by atoms with Crippen LogP contribution in [0.4, 0.5) is 0 Å². The van der Waals surface area contributed by atoms with Gasteiger partial charge in [0, 0.05) is 11.5 Å². The van der Waals surface area contributed by atoms with Crippen LogP contribution >= 0.6 is 0 Å². The van der Waals surface area contributed by atoms with E-state index < -0.39 is 0 Å². The molecule has 0 unspecified atom stereocenters. The molecule has 25 heavy (non-hydrogen) atoms. The molecule has 1 atom stereocenters. The Labute approximate surface area is 148 Å². The van der Waals surface area contributed by atoms with Gasteiger partial charge in [0.2, 0.25) is 0 Å². The molecule has 1 aliphatic rings. The number of carbonyl (C=O) groups is 1. The van der Waals surface area contributed by atoms with Crippen molar-refractivity contribution in [2.24, 2.45) is 0 Å². The fourth-order valence-electron chi connectivity index (χ4n) is 3.08. The molecule has 0 N–H and O–H groups in total. The van der Waals surface area contributed by atoms with Gasteiger partial charge in [0.1, 0.15) is 17.3 Å². The van der Waals surface area contributed by atoms with E-state index in [1.807, 2.05) is 62.4 Å². The molecule has 3 rings (SSSR count). The Morgan fingerprint density at radius 2 is 1.84 bits per heavy atom. The summed E-state index contributed by atoms with van der Waals surface area (Å²) in [7, 11) is 1.62. The van der Waals surface area contributed by atoms with E-state index in [4.69, 9.17) is 14.2 Å². The zero-order chi connectivity index (χ0) is 18.0. The summed E-state index contributed by atoms with van der Waals surface area (Å²) in [6.45, 7) is 5.48. The maximum absolute atomic E-state index is 12.8. The molecule has 0 bridgehead atoms. The van der Waals surface area contributed by atoms with Gasteiger partial charge >= 0.3 is 5.97 Å². The van der Waals surface area contributed by atoms with Crippen LogP contribution in [-0.4, -0.2) is 19.2 Å². The molecule has 130 valence electrons. The minimum absolute atomic E-state index is 0.198. The van der Waals surface area contributed by atoms with Crippen molar-refractivity contribution >= 4 is 5.97 Å². The van der Waals surface area contributed by atoms with Crippen LogP contribution in [0.25, 0.3) is 0 Å². The van der Waals surface area contributed by atoms with E-state index in [1.54, 1.807) is 14.0 Å². The zero-order valence-electron chi connectivity index (χ0n) is 14.9. The highest BCUT2D eigenvalue weighted by Crippen LogP contribution is 2.44. The maximum atomic E-state index is 12.8. The minimum atomic E-state index is -0.352. The average molecular weight is 338 g/mol. The molecule has 1 heterocycles. The third-order valence-electron chi connectivity index (χ3n) is 4.15. The van der Waals surface area contributed by atoms with E-state index in [-0.39, 0.29) is 18.0 Å². The van der Waals surface area contributed by atoms with Crippen molar-refractivity contribution < 1.29 is 19.0 Å². The van der Waals surface area contributed by atoms with E-state index in [1.165, 1.54) is 0 Å². The molecule has 0 spiro atoms. The summed E-state index contributed by atoms with van der Waals surface area (Å²) in [4.78, 5) is 12.8. The molecule has 0 saturated heterocycles. The van der Waals surface area contributed by atoms with Gasteiger partial charge in [-0.3, -0.25) is 0 Å². The first kappa shape index (κ1) is 17.1. The number of ether oxygens (including phenoxy) is 3. The van der Waals surface area contributed by atoms with Gasteiger partial charge < -0.3 is 14.2 Å². The SMILES string of the molecule is COc1ccc2c(c1)[C@H](c1ccccc1)C(C(=O)OC(C)C)=C(C)O2.